The van der Waals surface area contributed by atoms with E-state index in [1.807, 2.05) is 16.3 Å². The fraction of sp³-hybridized carbons (Fsp3) is 0.867. The van der Waals surface area contributed by atoms with Gasteiger partial charge in [0.15, 0.2) is 14.6 Å². The van der Waals surface area contributed by atoms with E-state index < -0.39 is 9.84 Å². The zero-order chi connectivity index (χ0) is 16.6. The van der Waals surface area contributed by atoms with E-state index >= 15 is 0 Å². The molecule has 0 bridgehead atoms. The van der Waals surface area contributed by atoms with Crippen LogP contribution >= 0.6 is 12.2 Å². The molecule has 6 nitrogen and oxygen atoms in total. The quantitative estimate of drug-likeness (QED) is 0.766. The van der Waals surface area contributed by atoms with Crippen molar-refractivity contribution >= 4 is 22.1 Å². The number of aromatic nitrogens is 3. The molecule has 2 fully saturated rings. The van der Waals surface area contributed by atoms with Gasteiger partial charge in [-0.25, -0.2) is 13.1 Å². The van der Waals surface area contributed by atoms with Gasteiger partial charge in [0.05, 0.1) is 18.2 Å². The molecule has 0 aromatic carbocycles. The molecule has 3 rings (SSSR count). The largest absolute Gasteiger partial charge is 0.307 e. The fourth-order valence-corrected chi connectivity index (χ4v) is 5.55. The molecule has 23 heavy (non-hydrogen) atoms. The van der Waals surface area contributed by atoms with Crippen LogP contribution in [-0.4, -0.2) is 52.3 Å². The molecule has 1 aromatic heterocycles. The van der Waals surface area contributed by atoms with Crippen LogP contribution in [0.5, 0.6) is 0 Å². The Bertz CT molecular complexity index is 714. The summed E-state index contributed by atoms with van der Waals surface area (Å²) in [6, 6.07) is 0. The van der Waals surface area contributed by atoms with Crippen LogP contribution in [0.4, 0.5) is 0 Å². The first kappa shape index (κ1) is 17.1. The number of nitrogens with zero attached hydrogens (tertiary/aromatic N) is 4. The molecule has 1 unspecified atom stereocenters. The molecule has 1 atom stereocenters. The highest BCUT2D eigenvalue weighted by molar-refractivity contribution is 7.91. The van der Waals surface area contributed by atoms with Crippen molar-refractivity contribution in [3.8, 4) is 0 Å². The fourth-order valence-electron chi connectivity index (χ4n) is 3.49. The van der Waals surface area contributed by atoms with Crippen LogP contribution in [0.2, 0.25) is 0 Å². The third kappa shape index (κ3) is 4.03. The van der Waals surface area contributed by atoms with Crippen molar-refractivity contribution in [2.75, 3.05) is 24.6 Å². The van der Waals surface area contributed by atoms with Crippen molar-refractivity contribution in [1.29, 1.82) is 0 Å². The predicted octanol–water partition coefficient (Wildman–Crippen LogP) is 1.62. The Hall–Kier alpha value is -0.730. The van der Waals surface area contributed by atoms with Crippen LogP contribution in [0.3, 0.4) is 0 Å². The molecule has 2 saturated heterocycles. The molecule has 0 aliphatic carbocycles. The lowest BCUT2D eigenvalue weighted by atomic mass is 10.00. The smallest absolute Gasteiger partial charge is 0.198 e. The summed E-state index contributed by atoms with van der Waals surface area (Å²) in [6.07, 6.45) is 3.90. The van der Waals surface area contributed by atoms with Gasteiger partial charge in [0.1, 0.15) is 5.82 Å². The highest BCUT2D eigenvalue weighted by atomic mass is 32.2. The number of likely N-dealkylation sites (tertiary alicyclic amines) is 1. The third-order valence-corrected chi connectivity index (χ3v) is 7.46. The van der Waals surface area contributed by atoms with Gasteiger partial charge in [0.25, 0.3) is 0 Å². The molecule has 2 aliphatic heterocycles. The van der Waals surface area contributed by atoms with Gasteiger partial charge in [-0.3, -0.25) is 4.90 Å². The number of sulfone groups is 1. The number of rotatable bonds is 4. The Morgan fingerprint density at radius 3 is 2.57 bits per heavy atom. The maximum absolute atomic E-state index is 11.6. The summed E-state index contributed by atoms with van der Waals surface area (Å²) in [7, 11) is -0.904. The van der Waals surface area contributed by atoms with Crippen LogP contribution in [0, 0.1) is 16.6 Å². The van der Waals surface area contributed by atoms with Gasteiger partial charge in [0.2, 0.25) is 0 Å². The first-order chi connectivity index (χ1) is 10.8. The summed E-state index contributed by atoms with van der Waals surface area (Å²) < 4.78 is 27.8. The molecule has 0 saturated carbocycles. The summed E-state index contributed by atoms with van der Waals surface area (Å²) in [6.45, 7) is 5.23. The van der Waals surface area contributed by atoms with E-state index in [1.54, 1.807) is 0 Å². The molecule has 0 radical (unpaired) electrons. The van der Waals surface area contributed by atoms with Gasteiger partial charge < -0.3 is 4.57 Å². The lowest BCUT2D eigenvalue weighted by Crippen LogP contribution is -2.34. The van der Waals surface area contributed by atoms with Crippen LogP contribution in [-0.2, 0) is 30.0 Å². The molecule has 0 N–H and O–H groups in total. The zero-order valence-corrected chi connectivity index (χ0v) is 15.6. The molecule has 130 valence electrons. The van der Waals surface area contributed by atoms with Crippen LogP contribution in [0.15, 0.2) is 0 Å². The normalized spacial score (nSPS) is 25.9. The number of hydrogen-bond acceptors (Lipinski definition) is 5. The predicted molar refractivity (Wildman–Crippen MR) is 92.5 cm³/mol. The van der Waals surface area contributed by atoms with Crippen LogP contribution < -0.4 is 0 Å². The van der Waals surface area contributed by atoms with E-state index in [0.717, 1.165) is 42.7 Å². The van der Waals surface area contributed by atoms with Gasteiger partial charge in [-0.2, -0.15) is 5.10 Å². The van der Waals surface area contributed by atoms with Crippen LogP contribution in [0.25, 0.3) is 0 Å². The molecular weight excluding hydrogens is 332 g/mol. The topological polar surface area (TPSA) is 60.1 Å². The second kappa shape index (κ2) is 6.64. The molecule has 0 amide bonds. The number of piperidine rings is 1. The second-order valence-electron chi connectivity index (χ2n) is 7.17. The molecule has 0 spiro atoms. The minimum Gasteiger partial charge on any atom is -0.307 e. The van der Waals surface area contributed by atoms with E-state index in [9.17, 15) is 8.42 Å². The van der Waals surface area contributed by atoms with Gasteiger partial charge in [-0.1, -0.05) is 6.92 Å². The lowest BCUT2D eigenvalue weighted by molar-refractivity contribution is 0.145. The average molecular weight is 359 g/mol. The lowest BCUT2D eigenvalue weighted by Gasteiger charge is -2.29. The molecular formula is C15H26N4O2S2. The summed E-state index contributed by atoms with van der Waals surface area (Å²) in [5.41, 5.74) is 0. The Balaban J connectivity index is 1.68. The first-order valence-electron chi connectivity index (χ1n) is 8.39. The summed E-state index contributed by atoms with van der Waals surface area (Å²) in [5, 5.41) is 4.67. The Morgan fingerprint density at radius 2 is 1.96 bits per heavy atom. The van der Waals surface area contributed by atoms with Gasteiger partial charge in [-0.05, 0) is 43.3 Å². The minimum absolute atomic E-state index is 0.180. The second-order valence-corrected chi connectivity index (χ2v) is 9.77. The Morgan fingerprint density at radius 1 is 1.26 bits per heavy atom. The maximum Gasteiger partial charge on any atom is 0.198 e. The summed E-state index contributed by atoms with van der Waals surface area (Å²) in [4.78, 5) is 2.40. The summed E-state index contributed by atoms with van der Waals surface area (Å²) >= 11 is 5.51. The molecule has 3 heterocycles. The average Bonchev–Trinajstić information content (AvgIpc) is 2.96. The maximum atomic E-state index is 11.6. The Labute approximate surface area is 143 Å². The van der Waals surface area contributed by atoms with Crippen LogP contribution in [0.1, 0.15) is 32.0 Å². The van der Waals surface area contributed by atoms with E-state index in [4.69, 9.17) is 12.2 Å². The monoisotopic (exact) mass is 358 g/mol. The SMILES string of the molecule is CC1CCN(Cn2nc(CC3CCS(=O)(=O)C3)n(C)c2=S)CC1. The third-order valence-electron chi connectivity index (χ3n) is 5.14. The standard InChI is InChI=1S/C15H26N4O2S2/c1-12-3-6-18(7-4-12)11-19-15(22)17(2)14(16-19)9-13-5-8-23(20,21)10-13/h12-13H,3-11H2,1-2H3. The summed E-state index contributed by atoms with van der Waals surface area (Å²) in [5.74, 6) is 2.50. The van der Waals surface area contributed by atoms with Crippen molar-refractivity contribution in [3.63, 3.8) is 0 Å². The van der Waals surface area contributed by atoms with Gasteiger partial charge >= 0.3 is 0 Å². The highest BCUT2D eigenvalue weighted by Gasteiger charge is 2.29. The first-order valence-corrected chi connectivity index (χ1v) is 10.6. The highest BCUT2D eigenvalue weighted by Crippen LogP contribution is 2.22. The van der Waals surface area contributed by atoms with Crippen molar-refractivity contribution in [2.24, 2.45) is 18.9 Å². The van der Waals surface area contributed by atoms with Crippen molar-refractivity contribution in [1.82, 2.24) is 19.2 Å². The van der Waals surface area contributed by atoms with E-state index in [-0.39, 0.29) is 11.7 Å². The Kier molecular flexibility index (Phi) is 4.94. The number of hydrogen-bond donors (Lipinski definition) is 0. The van der Waals surface area contributed by atoms with Crippen molar-refractivity contribution in [2.45, 2.75) is 39.3 Å². The van der Waals surface area contributed by atoms with E-state index in [1.165, 1.54) is 12.8 Å². The molecule has 1 aromatic rings. The van der Waals surface area contributed by atoms with Crippen molar-refractivity contribution < 1.29 is 8.42 Å². The van der Waals surface area contributed by atoms with Gasteiger partial charge in [-0.15, -0.1) is 0 Å². The van der Waals surface area contributed by atoms with E-state index in [0.29, 0.717) is 12.2 Å². The van der Waals surface area contributed by atoms with E-state index in [2.05, 4.69) is 16.9 Å². The molecule has 8 heteroatoms. The zero-order valence-electron chi connectivity index (χ0n) is 13.9. The van der Waals surface area contributed by atoms with Gasteiger partial charge in [0, 0.05) is 26.6 Å². The van der Waals surface area contributed by atoms with Crippen molar-refractivity contribution in [3.05, 3.63) is 10.6 Å². The minimum atomic E-state index is -2.84. The molecule has 2 aliphatic rings.